The lowest BCUT2D eigenvalue weighted by Gasteiger charge is -2.14. The molecule has 1 aliphatic heterocycles. The third kappa shape index (κ3) is 1.63. The molecule has 1 aromatic carbocycles. The molecular weight excluding hydrogens is 180 g/mol. The van der Waals surface area contributed by atoms with Gasteiger partial charge in [-0.05, 0) is 12.0 Å². The molecule has 1 heterocycles. The zero-order chi connectivity index (χ0) is 9.97. The molecule has 0 aromatic heterocycles. The Labute approximate surface area is 82.3 Å². The molecule has 0 amide bonds. The third-order valence-electron chi connectivity index (χ3n) is 2.56. The van der Waals surface area contributed by atoms with Crippen molar-refractivity contribution in [1.29, 1.82) is 0 Å². The number of carboxylic acids is 1. The first-order valence-corrected chi connectivity index (χ1v) is 4.68. The minimum absolute atomic E-state index is 0.00806. The summed E-state index contributed by atoms with van der Waals surface area (Å²) < 4.78 is 5.18. The maximum Gasteiger partial charge on any atom is 0.333 e. The molecule has 1 aromatic rings. The van der Waals surface area contributed by atoms with Gasteiger partial charge in [-0.3, -0.25) is 0 Å². The smallest absolute Gasteiger partial charge is 0.333 e. The Balaban J connectivity index is 2.22. The summed E-state index contributed by atoms with van der Waals surface area (Å²) in [6.45, 7) is 0.538. The van der Waals surface area contributed by atoms with E-state index in [9.17, 15) is 4.79 Å². The van der Waals surface area contributed by atoms with Crippen molar-refractivity contribution < 1.29 is 14.6 Å². The normalized spacial score (nSPS) is 26.3. The van der Waals surface area contributed by atoms with Crippen molar-refractivity contribution in [2.24, 2.45) is 0 Å². The molecule has 0 radical (unpaired) electrons. The van der Waals surface area contributed by atoms with Gasteiger partial charge in [0, 0.05) is 12.5 Å². The fraction of sp³-hybridized carbons (Fsp3) is 0.364. The number of hydrogen-bond acceptors (Lipinski definition) is 2. The summed E-state index contributed by atoms with van der Waals surface area (Å²) in [6, 6.07) is 9.68. The topological polar surface area (TPSA) is 46.5 Å². The highest BCUT2D eigenvalue weighted by Gasteiger charge is 2.34. The SMILES string of the molecule is O=C(O)[C@H]1OCC[C@H]1c1ccccc1. The zero-order valence-electron chi connectivity index (χ0n) is 7.72. The zero-order valence-corrected chi connectivity index (χ0v) is 7.72. The summed E-state index contributed by atoms with van der Waals surface area (Å²) in [5.41, 5.74) is 1.05. The van der Waals surface area contributed by atoms with E-state index in [1.54, 1.807) is 0 Å². The van der Waals surface area contributed by atoms with E-state index in [-0.39, 0.29) is 5.92 Å². The van der Waals surface area contributed by atoms with E-state index in [0.29, 0.717) is 6.61 Å². The standard InChI is InChI=1S/C11H12O3/c12-11(13)10-9(6-7-14-10)8-4-2-1-3-5-8/h1-5,9-10H,6-7H2,(H,12,13)/t9-,10-/m0/s1. The summed E-state index contributed by atoms with van der Waals surface area (Å²) in [6.07, 6.45) is 0.124. The number of hydrogen-bond donors (Lipinski definition) is 1. The second kappa shape index (κ2) is 3.80. The summed E-state index contributed by atoms with van der Waals surface area (Å²) in [7, 11) is 0. The minimum atomic E-state index is -0.864. The summed E-state index contributed by atoms with van der Waals surface area (Å²) in [5, 5.41) is 8.92. The second-order valence-corrected chi connectivity index (χ2v) is 3.44. The molecule has 74 valence electrons. The predicted molar refractivity (Wildman–Crippen MR) is 51.2 cm³/mol. The minimum Gasteiger partial charge on any atom is -0.479 e. The lowest BCUT2D eigenvalue weighted by atomic mass is 9.93. The Morgan fingerprint density at radius 3 is 2.71 bits per heavy atom. The molecule has 1 saturated heterocycles. The van der Waals surface area contributed by atoms with E-state index >= 15 is 0 Å². The molecule has 0 saturated carbocycles. The molecule has 2 atom stereocenters. The van der Waals surface area contributed by atoms with E-state index in [1.165, 1.54) is 0 Å². The Morgan fingerprint density at radius 2 is 2.07 bits per heavy atom. The summed E-state index contributed by atoms with van der Waals surface area (Å²) in [4.78, 5) is 10.9. The molecule has 0 spiro atoms. The van der Waals surface area contributed by atoms with Crippen LogP contribution in [0.3, 0.4) is 0 Å². The Kier molecular flexibility index (Phi) is 2.50. The second-order valence-electron chi connectivity index (χ2n) is 3.44. The van der Waals surface area contributed by atoms with Crippen LogP contribution in [0.25, 0.3) is 0 Å². The van der Waals surface area contributed by atoms with Gasteiger partial charge in [-0.2, -0.15) is 0 Å². The van der Waals surface area contributed by atoms with Crippen LogP contribution in [0.1, 0.15) is 17.9 Å². The number of aliphatic carboxylic acids is 1. The molecule has 3 heteroatoms. The molecule has 1 aliphatic rings. The first kappa shape index (κ1) is 9.21. The van der Waals surface area contributed by atoms with Crippen molar-refractivity contribution in [2.75, 3.05) is 6.61 Å². The summed E-state index contributed by atoms with van der Waals surface area (Å²) >= 11 is 0. The van der Waals surface area contributed by atoms with Crippen LogP contribution in [0.15, 0.2) is 30.3 Å². The van der Waals surface area contributed by atoms with Crippen LogP contribution >= 0.6 is 0 Å². The van der Waals surface area contributed by atoms with Crippen molar-refractivity contribution in [3.63, 3.8) is 0 Å². The van der Waals surface area contributed by atoms with Crippen LogP contribution in [0.4, 0.5) is 0 Å². The van der Waals surface area contributed by atoms with Gasteiger partial charge in [-0.15, -0.1) is 0 Å². The van der Waals surface area contributed by atoms with Gasteiger partial charge < -0.3 is 9.84 Å². The monoisotopic (exact) mass is 192 g/mol. The maximum absolute atomic E-state index is 10.9. The van der Waals surface area contributed by atoms with E-state index < -0.39 is 12.1 Å². The largest absolute Gasteiger partial charge is 0.479 e. The van der Waals surface area contributed by atoms with Crippen LogP contribution in [0.2, 0.25) is 0 Å². The highest BCUT2D eigenvalue weighted by Crippen LogP contribution is 2.31. The first-order chi connectivity index (χ1) is 6.79. The average Bonchev–Trinajstić information content (AvgIpc) is 2.67. The average molecular weight is 192 g/mol. The van der Waals surface area contributed by atoms with Crippen LogP contribution in [-0.2, 0) is 9.53 Å². The van der Waals surface area contributed by atoms with E-state index in [1.807, 2.05) is 30.3 Å². The van der Waals surface area contributed by atoms with Gasteiger partial charge in [0.1, 0.15) is 0 Å². The number of carboxylic acid groups (broad SMARTS) is 1. The lowest BCUT2D eigenvalue weighted by Crippen LogP contribution is -2.24. The molecule has 1 fully saturated rings. The maximum atomic E-state index is 10.9. The number of benzene rings is 1. The Morgan fingerprint density at radius 1 is 1.36 bits per heavy atom. The molecule has 0 bridgehead atoms. The van der Waals surface area contributed by atoms with Gasteiger partial charge in [0.05, 0.1) is 0 Å². The molecule has 2 rings (SSSR count). The van der Waals surface area contributed by atoms with Crippen LogP contribution in [0, 0.1) is 0 Å². The molecule has 1 N–H and O–H groups in total. The fourth-order valence-corrected chi connectivity index (χ4v) is 1.87. The van der Waals surface area contributed by atoms with Gasteiger partial charge in [0.2, 0.25) is 0 Å². The van der Waals surface area contributed by atoms with Crippen LogP contribution in [-0.4, -0.2) is 23.8 Å². The van der Waals surface area contributed by atoms with Gasteiger partial charge >= 0.3 is 5.97 Å². The van der Waals surface area contributed by atoms with Gasteiger partial charge in [0.25, 0.3) is 0 Å². The molecule has 3 nitrogen and oxygen atoms in total. The lowest BCUT2D eigenvalue weighted by molar-refractivity contribution is -0.148. The van der Waals surface area contributed by atoms with E-state index in [2.05, 4.69) is 0 Å². The summed E-state index contributed by atoms with van der Waals surface area (Å²) in [5.74, 6) is -0.856. The number of rotatable bonds is 2. The van der Waals surface area contributed by atoms with Crippen molar-refractivity contribution in [3.05, 3.63) is 35.9 Å². The first-order valence-electron chi connectivity index (χ1n) is 4.68. The Bertz CT molecular complexity index is 321. The van der Waals surface area contributed by atoms with Crippen LogP contribution in [0.5, 0.6) is 0 Å². The van der Waals surface area contributed by atoms with E-state index in [4.69, 9.17) is 9.84 Å². The van der Waals surface area contributed by atoms with E-state index in [0.717, 1.165) is 12.0 Å². The quantitative estimate of drug-likeness (QED) is 0.774. The van der Waals surface area contributed by atoms with Crippen LogP contribution < -0.4 is 0 Å². The molecular formula is C11H12O3. The molecule has 14 heavy (non-hydrogen) atoms. The fourth-order valence-electron chi connectivity index (χ4n) is 1.87. The van der Waals surface area contributed by atoms with Crippen molar-refractivity contribution >= 4 is 5.97 Å². The third-order valence-corrected chi connectivity index (χ3v) is 2.56. The highest BCUT2D eigenvalue weighted by atomic mass is 16.5. The number of carbonyl (C=O) groups is 1. The van der Waals surface area contributed by atoms with Crippen molar-refractivity contribution in [2.45, 2.75) is 18.4 Å². The predicted octanol–water partition coefficient (Wildman–Crippen LogP) is 1.64. The molecule has 0 unspecified atom stereocenters. The Hall–Kier alpha value is -1.35. The van der Waals surface area contributed by atoms with Crippen molar-refractivity contribution in [1.82, 2.24) is 0 Å². The van der Waals surface area contributed by atoms with Gasteiger partial charge in [-0.1, -0.05) is 30.3 Å². The number of ether oxygens (including phenoxy) is 1. The van der Waals surface area contributed by atoms with Crippen molar-refractivity contribution in [3.8, 4) is 0 Å². The molecule has 0 aliphatic carbocycles. The van der Waals surface area contributed by atoms with Gasteiger partial charge in [-0.25, -0.2) is 4.79 Å². The van der Waals surface area contributed by atoms with Gasteiger partial charge in [0.15, 0.2) is 6.10 Å². The highest BCUT2D eigenvalue weighted by molar-refractivity contribution is 5.74.